The topological polar surface area (TPSA) is 40.0 Å². The number of pyridine rings is 2. The second kappa shape index (κ2) is 16.1. The predicted molar refractivity (Wildman–Crippen MR) is 270 cm³/mol. The van der Waals surface area contributed by atoms with Crippen LogP contribution in [0, 0.1) is 6.07 Å². The Labute approximate surface area is 393 Å². The van der Waals surface area contributed by atoms with Crippen LogP contribution >= 0.6 is 0 Å². The minimum Gasteiger partial charge on any atom is -0.309 e. The van der Waals surface area contributed by atoms with Crippen LogP contribution in [0.2, 0.25) is 0 Å². The Bertz CT molecular complexity index is 3850. The van der Waals surface area contributed by atoms with Gasteiger partial charge < -0.3 is 14.1 Å². The van der Waals surface area contributed by atoms with Gasteiger partial charge in [0.15, 0.2) is 0 Å². The first-order chi connectivity index (χ1) is 32.3. The van der Waals surface area contributed by atoms with Crippen molar-refractivity contribution < 1.29 is 20.1 Å². The second-order valence-corrected chi connectivity index (χ2v) is 16.5. The smallest absolute Gasteiger partial charge is 0.146 e. The molecular weight excluding hydrogens is 983 g/mol. The zero-order chi connectivity index (χ0) is 42.8. The summed E-state index contributed by atoms with van der Waals surface area (Å²) in [6.45, 7) is 0. The molecule has 0 saturated heterocycles. The van der Waals surface area contributed by atoms with E-state index in [2.05, 4.69) is 207 Å². The number of aromatic nitrogens is 5. The number of hydrogen-bond donors (Lipinski definition) is 0. The molecule has 0 spiro atoms. The van der Waals surface area contributed by atoms with Gasteiger partial charge in [-0.15, -0.1) is 35.9 Å². The Morgan fingerprint density at radius 2 is 0.864 bits per heavy atom. The molecule has 0 fully saturated rings. The SMILES string of the molecule is [Ir].[c-]1ccccc1-c1ccccn1.c1ccc2c(c1)nc1c3cc(-c4cc(-n5c6ccccc6c6ccccc65)cc(-n5c6ccccc6c6ccccc65)c4)ccc3c3ccccc3n21. The average molecular weight is 1020 g/mol. The van der Waals surface area contributed by atoms with Crippen LogP contribution in [0.3, 0.4) is 0 Å². The maximum atomic E-state index is 5.24. The van der Waals surface area contributed by atoms with Crippen LogP contribution in [0.5, 0.6) is 0 Å². The number of rotatable bonds is 4. The zero-order valence-electron chi connectivity index (χ0n) is 35.5. The minimum absolute atomic E-state index is 0. The Morgan fingerprint density at radius 1 is 0.364 bits per heavy atom. The summed E-state index contributed by atoms with van der Waals surface area (Å²) in [6, 6.07) is 83.0. The fourth-order valence-corrected chi connectivity index (χ4v) is 9.99. The van der Waals surface area contributed by atoms with E-state index in [1.54, 1.807) is 6.20 Å². The molecule has 5 aromatic heterocycles. The molecule has 0 N–H and O–H groups in total. The van der Waals surface area contributed by atoms with Gasteiger partial charge in [0.25, 0.3) is 0 Å². The van der Waals surface area contributed by atoms with E-state index in [-0.39, 0.29) is 20.1 Å². The molecule has 0 aliphatic carbocycles. The summed E-state index contributed by atoms with van der Waals surface area (Å²) in [6.07, 6.45) is 1.79. The van der Waals surface area contributed by atoms with Gasteiger partial charge in [-0.05, 0) is 95.0 Å². The van der Waals surface area contributed by atoms with Gasteiger partial charge in [-0.1, -0.05) is 127 Å². The predicted octanol–water partition coefficient (Wildman–Crippen LogP) is 15.2. The number of fused-ring (bicyclic) bond motifs is 14. The van der Waals surface area contributed by atoms with Crippen LogP contribution in [0.1, 0.15) is 0 Å². The molecule has 66 heavy (non-hydrogen) atoms. The standard InChI is InChI=1S/C49H30N4.C11H8N.Ir/c1-11-23-47-36(13-1)35-26-25-31(29-41(35)49-50-42-18-6-12-24-48(42)53(47)49)32-27-33(51-43-19-7-2-14-37(43)38-15-3-8-20-44(38)51)30-34(28-32)52-45-21-9-4-16-39(45)40-17-5-10-22-46(40)52;1-2-6-10(7-3-1)11-8-4-5-9-12-11;/h1-30H;1-6,8-9H;/q;-1;. The number of hydrogen-bond acceptors (Lipinski definition) is 2. The van der Waals surface area contributed by atoms with Gasteiger partial charge in [0.05, 0.1) is 38.6 Å². The molecule has 0 saturated carbocycles. The maximum absolute atomic E-state index is 5.24. The summed E-state index contributed by atoms with van der Waals surface area (Å²) in [7, 11) is 0. The van der Waals surface area contributed by atoms with Crippen molar-refractivity contribution in [2.75, 3.05) is 0 Å². The summed E-state index contributed by atoms with van der Waals surface area (Å²) in [5.74, 6) is 0. The third-order valence-electron chi connectivity index (χ3n) is 12.8. The van der Waals surface area contributed by atoms with Crippen molar-refractivity contribution >= 4 is 82.0 Å². The van der Waals surface area contributed by atoms with Crippen LogP contribution in [0.15, 0.2) is 231 Å². The molecule has 6 heteroatoms. The molecule has 14 rings (SSSR count). The van der Waals surface area contributed by atoms with Crippen molar-refractivity contribution in [3.63, 3.8) is 0 Å². The molecule has 0 aliphatic rings. The normalized spacial score (nSPS) is 11.5. The third kappa shape index (κ3) is 6.34. The maximum Gasteiger partial charge on any atom is 0.146 e. The minimum atomic E-state index is 0. The molecule has 0 unspecified atom stereocenters. The first-order valence-electron chi connectivity index (χ1n) is 22.0. The molecule has 9 aromatic carbocycles. The van der Waals surface area contributed by atoms with Crippen LogP contribution in [-0.4, -0.2) is 23.5 Å². The molecule has 0 atom stereocenters. The quantitative estimate of drug-likeness (QED) is 0.130. The average Bonchev–Trinajstić information content (AvgIpc) is 4.06. The Balaban J connectivity index is 0.000000306. The fraction of sp³-hybridized carbons (Fsp3) is 0. The molecule has 5 heterocycles. The van der Waals surface area contributed by atoms with Gasteiger partial charge in [0.2, 0.25) is 0 Å². The Hall–Kier alpha value is -8.15. The number of nitrogens with zero attached hydrogens (tertiary/aromatic N) is 5. The van der Waals surface area contributed by atoms with Crippen molar-refractivity contribution in [2.24, 2.45) is 0 Å². The van der Waals surface area contributed by atoms with E-state index in [0.717, 1.165) is 55.8 Å². The van der Waals surface area contributed by atoms with Gasteiger partial charge in [0, 0.05) is 70.0 Å². The van der Waals surface area contributed by atoms with Gasteiger partial charge in [-0.2, -0.15) is 0 Å². The van der Waals surface area contributed by atoms with E-state index in [4.69, 9.17) is 4.98 Å². The van der Waals surface area contributed by atoms with E-state index in [1.165, 1.54) is 59.9 Å². The summed E-state index contributed by atoms with van der Waals surface area (Å²) in [4.78, 5) is 9.45. The van der Waals surface area contributed by atoms with E-state index in [9.17, 15) is 0 Å². The van der Waals surface area contributed by atoms with Gasteiger partial charge >= 0.3 is 0 Å². The van der Waals surface area contributed by atoms with E-state index < -0.39 is 0 Å². The zero-order valence-corrected chi connectivity index (χ0v) is 37.9. The number of imidazole rings is 1. The van der Waals surface area contributed by atoms with Crippen LogP contribution in [-0.2, 0) is 20.1 Å². The van der Waals surface area contributed by atoms with Crippen LogP contribution < -0.4 is 0 Å². The van der Waals surface area contributed by atoms with E-state index >= 15 is 0 Å². The number of benzene rings is 9. The van der Waals surface area contributed by atoms with Gasteiger partial charge in [0.1, 0.15) is 5.65 Å². The molecule has 0 bridgehead atoms. The van der Waals surface area contributed by atoms with Crippen molar-refractivity contribution in [3.05, 3.63) is 237 Å². The number of para-hydroxylation sites is 7. The second-order valence-electron chi connectivity index (χ2n) is 16.5. The first-order valence-corrected chi connectivity index (χ1v) is 22.0. The summed E-state index contributed by atoms with van der Waals surface area (Å²) < 4.78 is 7.19. The van der Waals surface area contributed by atoms with Gasteiger partial charge in [-0.3, -0.25) is 4.40 Å². The van der Waals surface area contributed by atoms with Gasteiger partial charge in [-0.25, -0.2) is 4.98 Å². The largest absolute Gasteiger partial charge is 0.309 e. The fourth-order valence-electron chi connectivity index (χ4n) is 9.99. The van der Waals surface area contributed by atoms with E-state index in [1.807, 2.05) is 42.5 Å². The van der Waals surface area contributed by atoms with Crippen molar-refractivity contribution in [1.82, 2.24) is 23.5 Å². The first kappa shape index (κ1) is 39.4. The molecule has 0 amide bonds. The van der Waals surface area contributed by atoms with E-state index in [0.29, 0.717) is 0 Å². The monoisotopic (exact) mass is 1020 g/mol. The molecule has 313 valence electrons. The summed E-state index contributed by atoms with van der Waals surface area (Å²) in [5.41, 5.74) is 15.5. The van der Waals surface area contributed by atoms with Crippen molar-refractivity contribution in [3.8, 4) is 33.8 Å². The third-order valence-corrected chi connectivity index (χ3v) is 12.8. The molecule has 0 aliphatic heterocycles. The van der Waals surface area contributed by atoms with Crippen molar-refractivity contribution in [2.45, 2.75) is 0 Å². The van der Waals surface area contributed by atoms with Crippen molar-refractivity contribution in [1.29, 1.82) is 0 Å². The molecule has 14 aromatic rings. The Morgan fingerprint density at radius 3 is 1.41 bits per heavy atom. The Kier molecular flexibility index (Phi) is 9.64. The molecule has 1 radical (unpaired) electrons. The van der Waals surface area contributed by atoms with Crippen LogP contribution in [0.4, 0.5) is 0 Å². The van der Waals surface area contributed by atoms with Crippen LogP contribution in [0.25, 0.3) is 116 Å². The summed E-state index contributed by atoms with van der Waals surface area (Å²) in [5, 5.41) is 8.55. The summed E-state index contributed by atoms with van der Waals surface area (Å²) >= 11 is 0. The molecule has 5 nitrogen and oxygen atoms in total. The molecular formula is C60H38IrN5-.